The highest BCUT2D eigenvalue weighted by Crippen LogP contribution is 2.58. The van der Waals surface area contributed by atoms with Crippen molar-refractivity contribution in [2.24, 2.45) is 11.8 Å². The van der Waals surface area contributed by atoms with Crippen LogP contribution in [0.1, 0.15) is 6.92 Å². The Morgan fingerprint density at radius 3 is 2.62 bits per heavy atom. The molecule has 3 aliphatic rings. The zero-order chi connectivity index (χ0) is 18.9. The zero-order valence-electron chi connectivity index (χ0n) is 14.0. The van der Waals surface area contributed by atoms with Crippen molar-refractivity contribution in [1.29, 1.82) is 0 Å². The summed E-state index contributed by atoms with van der Waals surface area (Å²) in [4.78, 5) is 37.7. The van der Waals surface area contributed by atoms with E-state index in [1.54, 1.807) is 19.1 Å². The van der Waals surface area contributed by atoms with Crippen molar-refractivity contribution in [1.82, 2.24) is 0 Å². The number of nitrogens with zero attached hydrogens (tertiary/aromatic N) is 2. The SMILES string of the molecule is COc1ccc(N2C(=O)[C@@H]3[C@@H](C2=O)[C@@]2(CO)C=C[C@@]3(C)O2)c([N+](=O)[O-])c1. The van der Waals surface area contributed by atoms with Gasteiger partial charge in [-0.1, -0.05) is 12.2 Å². The van der Waals surface area contributed by atoms with Crippen LogP contribution >= 0.6 is 0 Å². The molecule has 2 saturated heterocycles. The van der Waals surface area contributed by atoms with Gasteiger partial charge >= 0.3 is 0 Å². The van der Waals surface area contributed by atoms with Gasteiger partial charge in [0.15, 0.2) is 0 Å². The molecule has 3 heterocycles. The largest absolute Gasteiger partial charge is 0.496 e. The van der Waals surface area contributed by atoms with E-state index in [1.165, 1.54) is 19.2 Å². The first kappa shape index (κ1) is 16.7. The van der Waals surface area contributed by atoms with Crippen LogP contribution in [0.5, 0.6) is 5.75 Å². The number of carbonyl (C=O) groups is 2. The molecule has 9 nitrogen and oxygen atoms in total. The van der Waals surface area contributed by atoms with Gasteiger partial charge in [0.05, 0.1) is 42.1 Å². The van der Waals surface area contributed by atoms with Gasteiger partial charge in [-0.05, 0) is 19.1 Å². The Morgan fingerprint density at radius 1 is 1.31 bits per heavy atom. The number of methoxy groups -OCH3 is 1. The molecule has 0 aromatic heterocycles. The highest BCUT2D eigenvalue weighted by Gasteiger charge is 2.72. The van der Waals surface area contributed by atoms with Gasteiger partial charge < -0.3 is 14.6 Å². The van der Waals surface area contributed by atoms with Crippen molar-refractivity contribution in [2.75, 3.05) is 18.6 Å². The number of nitro benzene ring substituents is 1. The molecule has 0 saturated carbocycles. The van der Waals surface area contributed by atoms with Crippen molar-refractivity contribution in [3.8, 4) is 5.75 Å². The molecule has 1 aromatic rings. The average molecular weight is 360 g/mol. The first-order valence-corrected chi connectivity index (χ1v) is 7.99. The number of hydrogen-bond donors (Lipinski definition) is 1. The number of carbonyl (C=O) groups excluding carboxylic acids is 2. The molecule has 2 amide bonds. The average Bonchev–Trinajstić information content (AvgIpc) is 3.20. The maximum atomic E-state index is 13.0. The summed E-state index contributed by atoms with van der Waals surface area (Å²) in [6.45, 7) is 1.21. The molecule has 0 spiro atoms. The molecular formula is C17H16N2O7. The summed E-state index contributed by atoms with van der Waals surface area (Å²) in [5, 5.41) is 21.2. The van der Waals surface area contributed by atoms with Crippen LogP contribution in [0.2, 0.25) is 0 Å². The number of imide groups is 1. The van der Waals surface area contributed by atoms with Crippen LogP contribution in [0.4, 0.5) is 11.4 Å². The lowest BCUT2D eigenvalue weighted by Gasteiger charge is -2.26. The summed E-state index contributed by atoms with van der Waals surface area (Å²) in [6, 6.07) is 3.93. The van der Waals surface area contributed by atoms with Crippen molar-refractivity contribution in [2.45, 2.75) is 18.1 Å². The summed E-state index contributed by atoms with van der Waals surface area (Å²) in [6.07, 6.45) is 3.27. The lowest BCUT2D eigenvalue weighted by atomic mass is 9.73. The number of aliphatic hydroxyl groups excluding tert-OH is 1. The van der Waals surface area contributed by atoms with Gasteiger partial charge in [0.25, 0.3) is 5.69 Å². The molecular weight excluding hydrogens is 344 g/mol. The van der Waals surface area contributed by atoms with Gasteiger partial charge in [-0.3, -0.25) is 19.7 Å². The Hall–Kier alpha value is -2.78. The molecule has 0 aliphatic carbocycles. The fourth-order valence-corrected chi connectivity index (χ4v) is 4.24. The number of hydrogen-bond acceptors (Lipinski definition) is 7. The van der Waals surface area contributed by atoms with Crippen LogP contribution in [0.15, 0.2) is 30.4 Å². The van der Waals surface area contributed by atoms with Gasteiger partial charge in [0, 0.05) is 0 Å². The lowest BCUT2D eigenvalue weighted by molar-refractivity contribution is -0.384. The Balaban J connectivity index is 1.83. The van der Waals surface area contributed by atoms with Crippen LogP contribution < -0.4 is 9.64 Å². The van der Waals surface area contributed by atoms with Gasteiger partial charge in [-0.25, -0.2) is 4.90 Å². The Bertz CT molecular complexity index is 882. The number of benzene rings is 1. The monoisotopic (exact) mass is 360 g/mol. The van der Waals surface area contributed by atoms with Crippen LogP contribution in [-0.2, 0) is 14.3 Å². The second kappa shape index (κ2) is 5.12. The predicted molar refractivity (Wildman–Crippen MR) is 87.6 cm³/mol. The van der Waals surface area contributed by atoms with Crippen molar-refractivity contribution in [3.05, 3.63) is 40.5 Å². The number of rotatable bonds is 4. The summed E-state index contributed by atoms with van der Waals surface area (Å²) in [5.74, 6) is -2.71. The number of aliphatic hydroxyl groups is 1. The minimum atomic E-state index is -1.28. The third-order valence-electron chi connectivity index (χ3n) is 5.42. The van der Waals surface area contributed by atoms with E-state index in [-0.39, 0.29) is 11.4 Å². The third kappa shape index (κ3) is 1.86. The number of nitro groups is 1. The minimum absolute atomic E-state index is 0.115. The minimum Gasteiger partial charge on any atom is -0.496 e. The molecule has 0 radical (unpaired) electrons. The summed E-state index contributed by atoms with van der Waals surface area (Å²) in [5.41, 5.74) is -2.83. The second-order valence-electron chi connectivity index (χ2n) is 6.81. The van der Waals surface area contributed by atoms with E-state index < -0.39 is 52.1 Å². The number of amides is 2. The van der Waals surface area contributed by atoms with Crippen LogP contribution in [0, 0.1) is 22.0 Å². The maximum absolute atomic E-state index is 13.0. The fourth-order valence-electron chi connectivity index (χ4n) is 4.24. The maximum Gasteiger partial charge on any atom is 0.297 e. The molecule has 4 atom stereocenters. The number of ether oxygens (including phenoxy) is 2. The molecule has 9 heteroatoms. The Kier molecular flexibility index (Phi) is 3.28. The first-order chi connectivity index (χ1) is 12.3. The zero-order valence-corrected chi connectivity index (χ0v) is 14.0. The molecule has 1 aromatic carbocycles. The van der Waals surface area contributed by atoms with Gasteiger partial charge in [0.1, 0.15) is 17.0 Å². The molecule has 2 fully saturated rings. The van der Waals surface area contributed by atoms with Gasteiger partial charge in [0.2, 0.25) is 11.8 Å². The van der Waals surface area contributed by atoms with E-state index in [0.29, 0.717) is 0 Å². The molecule has 1 N–H and O–H groups in total. The standard InChI is InChI=1S/C17H16N2O7/c1-16-5-6-17(8-20,26-16)13-12(16)14(21)18(15(13)22)10-4-3-9(25-2)7-11(10)19(23)24/h3-7,12-13,20H,8H2,1-2H3/t12-,13-,16+,17-/m0/s1. The van der Waals surface area contributed by atoms with Crippen molar-refractivity contribution < 1.29 is 29.1 Å². The summed E-state index contributed by atoms with van der Waals surface area (Å²) in [7, 11) is 1.36. The topological polar surface area (TPSA) is 119 Å². The smallest absolute Gasteiger partial charge is 0.297 e. The first-order valence-electron chi connectivity index (χ1n) is 7.99. The van der Waals surface area contributed by atoms with E-state index in [0.717, 1.165) is 11.0 Å². The summed E-state index contributed by atoms with van der Waals surface area (Å²) >= 11 is 0. The molecule has 4 rings (SSSR count). The number of anilines is 1. The predicted octanol–water partition coefficient (Wildman–Crippen LogP) is 0.799. The lowest BCUT2D eigenvalue weighted by Crippen LogP contribution is -2.43. The van der Waals surface area contributed by atoms with E-state index in [9.17, 15) is 24.8 Å². The van der Waals surface area contributed by atoms with E-state index in [2.05, 4.69) is 0 Å². The molecule has 136 valence electrons. The Labute approximate surface area is 147 Å². The van der Waals surface area contributed by atoms with Crippen LogP contribution in [-0.4, -0.2) is 46.8 Å². The van der Waals surface area contributed by atoms with Crippen molar-refractivity contribution >= 4 is 23.2 Å². The van der Waals surface area contributed by atoms with Crippen LogP contribution in [0.3, 0.4) is 0 Å². The van der Waals surface area contributed by atoms with Gasteiger partial charge in [-0.15, -0.1) is 0 Å². The molecule has 26 heavy (non-hydrogen) atoms. The van der Waals surface area contributed by atoms with Gasteiger partial charge in [-0.2, -0.15) is 0 Å². The van der Waals surface area contributed by atoms with Crippen molar-refractivity contribution in [3.63, 3.8) is 0 Å². The molecule has 0 unspecified atom stereocenters. The summed E-state index contributed by atoms with van der Waals surface area (Å²) < 4.78 is 10.8. The molecule has 2 bridgehead atoms. The van der Waals surface area contributed by atoms with E-state index in [4.69, 9.17) is 9.47 Å². The Morgan fingerprint density at radius 2 is 2.00 bits per heavy atom. The normalized spacial score (nSPS) is 34.5. The van der Waals surface area contributed by atoms with E-state index in [1.807, 2.05) is 0 Å². The quantitative estimate of drug-likeness (QED) is 0.365. The third-order valence-corrected chi connectivity index (χ3v) is 5.42. The highest BCUT2D eigenvalue weighted by atomic mass is 16.6. The van der Waals surface area contributed by atoms with Crippen LogP contribution in [0.25, 0.3) is 0 Å². The fraction of sp³-hybridized carbons (Fsp3) is 0.412. The second-order valence-corrected chi connectivity index (χ2v) is 6.81. The van der Waals surface area contributed by atoms with E-state index >= 15 is 0 Å². The number of fused-ring (bicyclic) bond motifs is 5. The molecule has 3 aliphatic heterocycles. The highest BCUT2D eigenvalue weighted by molar-refractivity contribution is 6.24.